The van der Waals surface area contributed by atoms with Crippen molar-refractivity contribution in [2.75, 3.05) is 26.9 Å². The standard InChI is InChI=1S/C17H21F2N3O3/c1-23-8-6-16-20-17(11-24-10-13-3-2-7-25-13)22(21-16)12-4-5-14(18)15(19)9-12/h4-5,9,13H,2-3,6-8,10-11H2,1H3/t13-/m0/s1. The zero-order valence-electron chi connectivity index (χ0n) is 14.1. The lowest BCUT2D eigenvalue weighted by Crippen LogP contribution is -2.15. The van der Waals surface area contributed by atoms with E-state index in [9.17, 15) is 8.78 Å². The summed E-state index contributed by atoms with van der Waals surface area (Å²) >= 11 is 0. The molecule has 0 bridgehead atoms. The van der Waals surface area contributed by atoms with E-state index in [0.717, 1.165) is 31.6 Å². The molecule has 136 valence electrons. The number of hydrogen-bond acceptors (Lipinski definition) is 5. The van der Waals surface area contributed by atoms with Crippen LogP contribution in [0.5, 0.6) is 0 Å². The van der Waals surface area contributed by atoms with E-state index in [1.165, 1.54) is 10.7 Å². The molecule has 3 rings (SSSR count). The lowest BCUT2D eigenvalue weighted by Gasteiger charge is -2.10. The lowest BCUT2D eigenvalue weighted by molar-refractivity contribution is 0.00816. The van der Waals surface area contributed by atoms with Crippen molar-refractivity contribution in [3.8, 4) is 5.69 Å². The summed E-state index contributed by atoms with van der Waals surface area (Å²) in [5, 5.41) is 4.36. The average molecular weight is 353 g/mol. The molecule has 8 heteroatoms. The van der Waals surface area contributed by atoms with E-state index >= 15 is 0 Å². The molecule has 1 saturated heterocycles. The number of aromatic nitrogens is 3. The van der Waals surface area contributed by atoms with Gasteiger partial charge in [0.05, 0.1) is 25.0 Å². The summed E-state index contributed by atoms with van der Waals surface area (Å²) in [5.41, 5.74) is 0.394. The Morgan fingerprint density at radius 2 is 2.20 bits per heavy atom. The van der Waals surface area contributed by atoms with E-state index in [0.29, 0.717) is 37.0 Å². The Labute approximate surface area is 144 Å². The first-order valence-electron chi connectivity index (χ1n) is 8.26. The third-order valence-electron chi connectivity index (χ3n) is 3.95. The fraction of sp³-hybridized carbons (Fsp3) is 0.529. The van der Waals surface area contributed by atoms with E-state index < -0.39 is 11.6 Å². The van der Waals surface area contributed by atoms with Gasteiger partial charge < -0.3 is 14.2 Å². The summed E-state index contributed by atoms with van der Waals surface area (Å²) in [5.74, 6) is -0.755. The van der Waals surface area contributed by atoms with Crippen molar-refractivity contribution < 1.29 is 23.0 Å². The van der Waals surface area contributed by atoms with E-state index in [-0.39, 0.29) is 12.7 Å². The zero-order valence-corrected chi connectivity index (χ0v) is 14.1. The van der Waals surface area contributed by atoms with Crippen LogP contribution in [-0.2, 0) is 27.2 Å². The summed E-state index contributed by atoms with van der Waals surface area (Å²) in [4.78, 5) is 4.43. The molecule has 0 saturated carbocycles. The van der Waals surface area contributed by atoms with Crippen LogP contribution in [-0.4, -0.2) is 47.8 Å². The number of hydrogen-bond donors (Lipinski definition) is 0. The molecule has 1 aromatic heterocycles. The molecule has 1 aliphatic heterocycles. The molecule has 2 aromatic rings. The number of nitrogens with zero attached hydrogens (tertiary/aromatic N) is 3. The third-order valence-corrected chi connectivity index (χ3v) is 3.95. The van der Waals surface area contributed by atoms with Gasteiger partial charge >= 0.3 is 0 Å². The van der Waals surface area contributed by atoms with Gasteiger partial charge in [-0.3, -0.25) is 0 Å². The molecular weight excluding hydrogens is 332 g/mol. The fourth-order valence-electron chi connectivity index (χ4n) is 2.67. The average Bonchev–Trinajstić information content (AvgIpc) is 3.25. The van der Waals surface area contributed by atoms with Gasteiger partial charge in [0, 0.05) is 26.2 Å². The molecule has 2 heterocycles. The van der Waals surface area contributed by atoms with Gasteiger partial charge in [0.15, 0.2) is 23.3 Å². The molecule has 0 radical (unpaired) electrons. The Morgan fingerprint density at radius 1 is 1.32 bits per heavy atom. The molecule has 0 spiro atoms. The third kappa shape index (κ3) is 4.59. The second kappa shape index (κ2) is 8.46. The van der Waals surface area contributed by atoms with E-state index in [1.54, 1.807) is 7.11 Å². The summed E-state index contributed by atoms with van der Waals surface area (Å²) in [7, 11) is 1.60. The Kier molecular flexibility index (Phi) is 6.06. The molecule has 0 N–H and O–H groups in total. The Morgan fingerprint density at radius 3 is 2.92 bits per heavy atom. The highest BCUT2D eigenvalue weighted by Gasteiger charge is 2.17. The van der Waals surface area contributed by atoms with Crippen LogP contribution in [0.1, 0.15) is 24.5 Å². The van der Waals surface area contributed by atoms with Crippen molar-refractivity contribution in [3.05, 3.63) is 41.5 Å². The molecule has 1 atom stereocenters. The largest absolute Gasteiger partial charge is 0.384 e. The second-order valence-electron chi connectivity index (χ2n) is 5.85. The number of benzene rings is 1. The van der Waals surface area contributed by atoms with E-state index in [1.807, 2.05) is 0 Å². The van der Waals surface area contributed by atoms with Crippen molar-refractivity contribution in [1.29, 1.82) is 0 Å². The highest BCUT2D eigenvalue weighted by Crippen LogP contribution is 2.16. The Balaban J connectivity index is 1.76. The minimum atomic E-state index is -0.933. The van der Waals surface area contributed by atoms with Gasteiger partial charge in [-0.25, -0.2) is 18.4 Å². The first-order valence-corrected chi connectivity index (χ1v) is 8.26. The molecule has 0 aliphatic carbocycles. The highest BCUT2D eigenvalue weighted by molar-refractivity contribution is 5.32. The van der Waals surface area contributed by atoms with Crippen molar-refractivity contribution in [3.63, 3.8) is 0 Å². The van der Waals surface area contributed by atoms with Gasteiger partial charge in [-0.1, -0.05) is 0 Å². The maximum absolute atomic E-state index is 13.6. The number of rotatable bonds is 8. The number of methoxy groups -OCH3 is 1. The fourth-order valence-corrected chi connectivity index (χ4v) is 2.67. The minimum absolute atomic E-state index is 0.104. The van der Waals surface area contributed by atoms with Crippen LogP contribution in [0.3, 0.4) is 0 Å². The van der Waals surface area contributed by atoms with Crippen LogP contribution in [0.2, 0.25) is 0 Å². The Bertz CT molecular complexity index is 702. The Hall–Kier alpha value is -1.90. The van der Waals surface area contributed by atoms with Gasteiger partial charge in [-0.2, -0.15) is 5.10 Å². The topological polar surface area (TPSA) is 58.4 Å². The number of ether oxygens (including phenoxy) is 3. The molecule has 0 amide bonds. The van der Waals surface area contributed by atoms with Crippen LogP contribution in [0.15, 0.2) is 18.2 Å². The van der Waals surface area contributed by atoms with Gasteiger partial charge in [-0.15, -0.1) is 0 Å². The van der Waals surface area contributed by atoms with Crippen LogP contribution in [0.25, 0.3) is 5.69 Å². The van der Waals surface area contributed by atoms with Gasteiger partial charge in [-0.05, 0) is 25.0 Å². The normalized spacial score (nSPS) is 17.3. The van der Waals surface area contributed by atoms with Crippen molar-refractivity contribution in [1.82, 2.24) is 14.8 Å². The van der Waals surface area contributed by atoms with Gasteiger partial charge in [0.25, 0.3) is 0 Å². The maximum atomic E-state index is 13.6. The van der Waals surface area contributed by atoms with Gasteiger partial charge in [0.1, 0.15) is 6.61 Å². The van der Waals surface area contributed by atoms with Crippen LogP contribution in [0.4, 0.5) is 8.78 Å². The number of halogens is 2. The summed E-state index contributed by atoms with van der Waals surface area (Å²) in [6.45, 7) is 1.91. The smallest absolute Gasteiger partial charge is 0.160 e. The molecule has 25 heavy (non-hydrogen) atoms. The molecule has 1 fully saturated rings. The monoisotopic (exact) mass is 353 g/mol. The quantitative estimate of drug-likeness (QED) is 0.730. The SMILES string of the molecule is COCCc1nc(COC[C@@H]2CCCO2)n(-c2ccc(F)c(F)c2)n1. The van der Waals surface area contributed by atoms with Crippen molar-refractivity contribution >= 4 is 0 Å². The van der Waals surface area contributed by atoms with Crippen molar-refractivity contribution in [2.45, 2.75) is 32.0 Å². The first-order chi connectivity index (χ1) is 12.2. The maximum Gasteiger partial charge on any atom is 0.160 e. The summed E-state index contributed by atoms with van der Waals surface area (Å²) in [6.07, 6.45) is 2.65. The van der Waals surface area contributed by atoms with Crippen LogP contribution < -0.4 is 0 Å². The lowest BCUT2D eigenvalue weighted by atomic mass is 10.2. The molecule has 1 aromatic carbocycles. The van der Waals surface area contributed by atoms with Crippen molar-refractivity contribution in [2.24, 2.45) is 0 Å². The molecule has 6 nitrogen and oxygen atoms in total. The van der Waals surface area contributed by atoms with Gasteiger partial charge in [0.2, 0.25) is 0 Å². The van der Waals surface area contributed by atoms with Crippen LogP contribution >= 0.6 is 0 Å². The minimum Gasteiger partial charge on any atom is -0.384 e. The van der Waals surface area contributed by atoms with Crippen LogP contribution in [0, 0.1) is 11.6 Å². The van der Waals surface area contributed by atoms with E-state index in [4.69, 9.17) is 14.2 Å². The first kappa shape index (κ1) is 17.9. The summed E-state index contributed by atoms with van der Waals surface area (Å²) < 4.78 is 44.5. The predicted molar refractivity (Wildman–Crippen MR) is 85.5 cm³/mol. The van der Waals surface area contributed by atoms with E-state index in [2.05, 4.69) is 10.1 Å². The second-order valence-corrected chi connectivity index (χ2v) is 5.85. The molecule has 1 aliphatic rings. The summed E-state index contributed by atoms with van der Waals surface area (Å²) in [6, 6.07) is 3.61. The zero-order chi connectivity index (χ0) is 17.6. The highest BCUT2D eigenvalue weighted by atomic mass is 19.2. The molecular formula is C17H21F2N3O3. The predicted octanol–water partition coefficient (Wildman–Crippen LogP) is 2.43. The molecule has 0 unspecified atom stereocenters.